The second kappa shape index (κ2) is 11.6. The molecule has 0 aliphatic carbocycles. The molecule has 0 saturated heterocycles. The minimum Gasteiger partial charge on any atom is -0.487 e. The van der Waals surface area contributed by atoms with E-state index < -0.39 is 11.6 Å². The first-order valence-corrected chi connectivity index (χ1v) is 15.0. The van der Waals surface area contributed by atoms with Crippen molar-refractivity contribution in [1.29, 1.82) is 5.26 Å². The molecular weight excluding hydrogens is 572 g/mol. The highest BCUT2D eigenvalue weighted by Crippen LogP contribution is 2.41. The van der Waals surface area contributed by atoms with Crippen molar-refractivity contribution < 1.29 is 19.4 Å². The molecule has 2 atom stereocenters. The molecule has 1 unspecified atom stereocenters. The van der Waals surface area contributed by atoms with Gasteiger partial charge in [0.15, 0.2) is 5.60 Å². The number of nitrogens with zero attached hydrogens (tertiary/aromatic N) is 4. The lowest BCUT2D eigenvalue weighted by atomic mass is 9.86. The van der Waals surface area contributed by atoms with Gasteiger partial charge in [-0.05, 0) is 69.8 Å². The lowest BCUT2D eigenvalue weighted by Crippen LogP contribution is -2.44. The minimum atomic E-state index is -1.90. The number of hydrazine groups is 1. The highest BCUT2D eigenvalue weighted by molar-refractivity contribution is 5.91. The van der Waals surface area contributed by atoms with Crippen LogP contribution >= 0.6 is 0 Å². The van der Waals surface area contributed by atoms with Gasteiger partial charge in [0, 0.05) is 40.9 Å². The predicted octanol–water partition coefficient (Wildman–Crippen LogP) is 3.57. The van der Waals surface area contributed by atoms with E-state index in [9.17, 15) is 20.0 Å². The molecule has 2 aliphatic rings. The number of esters is 1. The lowest BCUT2D eigenvalue weighted by Gasteiger charge is -2.31. The third-order valence-electron chi connectivity index (χ3n) is 8.98. The average molecular weight is 609 g/mol. The molecule has 232 valence electrons. The Balaban J connectivity index is 1.48. The Morgan fingerprint density at radius 3 is 2.64 bits per heavy atom. The zero-order valence-corrected chi connectivity index (χ0v) is 26.0. The van der Waals surface area contributed by atoms with Gasteiger partial charge in [0.1, 0.15) is 25.0 Å². The van der Waals surface area contributed by atoms with Crippen LogP contribution in [-0.2, 0) is 41.3 Å². The van der Waals surface area contributed by atoms with Crippen LogP contribution in [0.2, 0.25) is 0 Å². The predicted molar refractivity (Wildman–Crippen MR) is 170 cm³/mol. The van der Waals surface area contributed by atoms with Crippen LogP contribution in [0, 0.1) is 11.3 Å². The molecule has 3 N–H and O–H groups in total. The number of fused-ring (bicyclic) bond motifs is 5. The molecule has 4 heterocycles. The zero-order valence-electron chi connectivity index (χ0n) is 26.0. The number of aromatic nitrogens is 2. The van der Waals surface area contributed by atoms with Crippen LogP contribution < -0.4 is 21.1 Å². The van der Waals surface area contributed by atoms with Crippen molar-refractivity contribution >= 4 is 22.6 Å². The van der Waals surface area contributed by atoms with E-state index in [4.69, 9.17) is 14.5 Å². The molecule has 11 heteroatoms. The molecule has 11 nitrogen and oxygen atoms in total. The van der Waals surface area contributed by atoms with E-state index in [1.54, 1.807) is 30.7 Å². The van der Waals surface area contributed by atoms with E-state index >= 15 is 0 Å². The number of cyclic esters (lactones) is 1. The summed E-state index contributed by atoms with van der Waals surface area (Å²) in [4.78, 5) is 33.3. The highest BCUT2D eigenvalue weighted by atomic mass is 16.6. The second-order valence-electron chi connectivity index (χ2n) is 11.9. The van der Waals surface area contributed by atoms with Crippen molar-refractivity contribution in [3.05, 3.63) is 86.2 Å². The number of benzene rings is 2. The van der Waals surface area contributed by atoms with Crippen LogP contribution in [-0.4, -0.2) is 52.7 Å². The molecule has 2 aromatic carbocycles. The van der Waals surface area contributed by atoms with Gasteiger partial charge in [0.05, 0.1) is 34.6 Å². The van der Waals surface area contributed by atoms with E-state index in [1.165, 1.54) is 0 Å². The molecular formula is C34H36N6O5. The Morgan fingerprint density at radius 1 is 1.22 bits per heavy atom. The second-order valence-corrected chi connectivity index (χ2v) is 11.9. The fourth-order valence-electron chi connectivity index (χ4n) is 6.09. The first-order chi connectivity index (χ1) is 21.6. The first-order valence-electron chi connectivity index (χ1n) is 15.0. The normalized spacial score (nSPS) is 17.3. The summed E-state index contributed by atoms with van der Waals surface area (Å²) >= 11 is 0. The number of hydrogen-bond acceptors (Lipinski definition) is 10. The number of ether oxygens (including phenoxy) is 2. The fraction of sp³-hybridized carbons (Fsp3) is 0.353. The quantitative estimate of drug-likeness (QED) is 0.168. The standard InChI is InChI=1S/C34H36N6O5/c1-6-34(43)27-14-29-30-22(16-40(29)32(41)26(27)18-45-33(34)42)12-24-25(11-19(2)39(4)5)31(21(15-35)13-28(24)37-30)44-17-20-7-9-23(10-8-20)38-36-3/h7-10,12-14,19,36,38,43H,6,11,16-18H2,1-5H3/t19?,34-/m0/s1. The number of pyridine rings is 2. The van der Waals surface area contributed by atoms with Gasteiger partial charge < -0.3 is 29.5 Å². The van der Waals surface area contributed by atoms with Crippen molar-refractivity contribution in [2.75, 3.05) is 26.6 Å². The maximum absolute atomic E-state index is 13.7. The van der Waals surface area contributed by atoms with Crippen molar-refractivity contribution in [3.8, 4) is 23.2 Å². The number of aliphatic hydroxyl groups is 1. The Bertz CT molecular complexity index is 1930. The summed E-state index contributed by atoms with van der Waals surface area (Å²) in [6.45, 7) is 4.16. The molecule has 0 fully saturated rings. The number of carbonyl (C=O) groups excluding carboxylic acids is 1. The molecule has 0 bridgehead atoms. The molecule has 2 aromatic heterocycles. The lowest BCUT2D eigenvalue weighted by molar-refractivity contribution is -0.172. The van der Waals surface area contributed by atoms with Gasteiger partial charge in [-0.3, -0.25) is 4.79 Å². The Morgan fingerprint density at radius 2 is 1.98 bits per heavy atom. The molecule has 0 saturated carbocycles. The molecule has 0 radical (unpaired) electrons. The van der Waals surface area contributed by atoms with E-state index in [2.05, 4.69) is 28.7 Å². The third kappa shape index (κ3) is 5.11. The van der Waals surface area contributed by atoms with Gasteiger partial charge >= 0.3 is 5.97 Å². The van der Waals surface area contributed by atoms with Crippen molar-refractivity contribution in [2.24, 2.45) is 0 Å². The summed E-state index contributed by atoms with van der Waals surface area (Å²) in [7, 11) is 5.82. The highest BCUT2D eigenvalue weighted by Gasteiger charge is 2.45. The van der Waals surface area contributed by atoms with Gasteiger partial charge in [-0.15, -0.1) is 0 Å². The maximum Gasteiger partial charge on any atom is 0.343 e. The maximum atomic E-state index is 13.7. The first kappa shape index (κ1) is 30.3. The van der Waals surface area contributed by atoms with Crippen LogP contribution in [0.5, 0.6) is 5.75 Å². The summed E-state index contributed by atoms with van der Waals surface area (Å²) in [5, 5.41) is 22.3. The number of likely N-dealkylation sites (N-methyl/N-ethyl adjacent to an activating group) is 1. The number of anilines is 1. The number of hydrogen-bond donors (Lipinski definition) is 3. The summed E-state index contributed by atoms with van der Waals surface area (Å²) in [5.74, 6) is -0.243. The topological polar surface area (TPSA) is 142 Å². The third-order valence-corrected chi connectivity index (χ3v) is 8.98. The molecule has 2 aliphatic heterocycles. The summed E-state index contributed by atoms with van der Waals surface area (Å²) in [6.07, 6.45) is 0.669. The zero-order chi connectivity index (χ0) is 32.0. The summed E-state index contributed by atoms with van der Waals surface area (Å²) in [5.41, 5.74) is 9.92. The summed E-state index contributed by atoms with van der Waals surface area (Å²) in [6, 6.07) is 15.7. The largest absolute Gasteiger partial charge is 0.487 e. The monoisotopic (exact) mass is 608 g/mol. The van der Waals surface area contributed by atoms with Crippen molar-refractivity contribution in [3.63, 3.8) is 0 Å². The van der Waals surface area contributed by atoms with E-state index in [-0.39, 0.29) is 48.9 Å². The van der Waals surface area contributed by atoms with E-state index in [1.807, 2.05) is 44.4 Å². The fourth-order valence-corrected chi connectivity index (χ4v) is 6.09. The number of rotatable bonds is 9. The van der Waals surface area contributed by atoms with Crippen molar-refractivity contribution in [1.82, 2.24) is 19.9 Å². The van der Waals surface area contributed by atoms with Crippen LogP contribution in [0.4, 0.5) is 5.69 Å². The van der Waals surface area contributed by atoms with Gasteiger partial charge in [-0.25, -0.2) is 15.2 Å². The van der Waals surface area contributed by atoms with Crippen molar-refractivity contribution in [2.45, 2.75) is 58.1 Å². The molecule has 4 aromatic rings. The Labute approximate surface area is 261 Å². The molecule has 0 amide bonds. The van der Waals surface area contributed by atoms with Crippen LogP contribution in [0.25, 0.3) is 22.3 Å². The average Bonchev–Trinajstić information content (AvgIpc) is 3.40. The molecule has 6 rings (SSSR count). The van der Waals surface area contributed by atoms with E-state index in [0.29, 0.717) is 34.6 Å². The molecule has 0 spiro atoms. The van der Waals surface area contributed by atoms with Gasteiger partial charge in [0.25, 0.3) is 5.56 Å². The van der Waals surface area contributed by atoms with Crippen LogP contribution in [0.3, 0.4) is 0 Å². The van der Waals surface area contributed by atoms with Gasteiger partial charge in [0.2, 0.25) is 0 Å². The smallest absolute Gasteiger partial charge is 0.343 e. The van der Waals surface area contributed by atoms with E-state index in [0.717, 1.165) is 27.8 Å². The minimum absolute atomic E-state index is 0.0679. The molecule has 45 heavy (non-hydrogen) atoms. The van der Waals surface area contributed by atoms with Crippen LogP contribution in [0.15, 0.2) is 47.3 Å². The number of nitriles is 1. The van der Waals surface area contributed by atoms with Gasteiger partial charge in [-0.2, -0.15) is 5.26 Å². The summed E-state index contributed by atoms with van der Waals surface area (Å²) < 4.78 is 13.2. The Hall–Kier alpha value is -4.76. The van der Waals surface area contributed by atoms with Gasteiger partial charge in [-0.1, -0.05) is 19.1 Å². The number of nitrogens with one attached hydrogen (secondary N) is 2. The number of carbonyl (C=O) groups is 1. The SMILES string of the molecule is CC[C@@]1(O)C(=O)OCc2c1cc1n(c2=O)Cc2cc3c(CC(C)N(C)C)c(OCc4ccc(NNC)cc4)c(C#N)cc3nc2-1. The Kier molecular flexibility index (Phi) is 7.82. The van der Waals surface area contributed by atoms with Crippen LogP contribution in [0.1, 0.15) is 53.6 Å².